The van der Waals surface area contributed by atoms with Gasteiger partial charge in [-0.25, -0.2) is 0 Å². The van der Waals surface area contributed by atoms with Gasteiger partial charge in [0, 0.05) is 13.1 Å². The summed E-state index contributed by atoms with van der Waals surface area (Å²) in [5.74, 6) is 0.807. The summed E-state index contributed by atoms with van der Waals surface area (Å²) in [7, 11) is 0. The minimum absolute atomic E-state index is 0.807. The third kappa shape index (κ3) is 1.97. The van der Waals surface area contributed by atoms with Crippen LogP contribution < -0.4 is 4.90 Å². The first-order valence-electron chi connectivity index (χ1n) is 4.88. The second-order valence-electron chi connectivity index (χ2n) is 3.79. The van der Waals surface area contributed by atoms with E-state index in [4.69, 9.17) is 0 Å². The molecule has 3 heteroatoms. The molecule has 0 bridgehead atoms. The quantitative estimate of drug-likeness (QED) is 0.654. The van der Waals surface area contributed by atoms with Gasteiger partial charge >= 0.3 is 0 Å². The first-order valence-corrected chi connectivity index (χ1v) is 4.88. The van der Waals surface area contributed by atoms with Crippen LogP contribution in [0.5, 0.6) is 0 Å². The molecular formula is C10H15N3. The molecule has 1 saturated heterocycles. The van der Waals surface area contributed by atoms with Gasteiger partial charge in [0.1, 0.15) is 0 Å². The maximum Gasteiger partial charge on any atom is 0.0729 e. The first kappa shape index (κ1) is 8.48. The number of anilines is 1. The minimum atomic E-state index is 0.807. The van der Waals surface area contributed by atoms with Crippen LogP contribution in [-0.4, -0.2) is 23.3 Å². The molecule has 0 radical (unpaired) electrons. The average molecular weight is 177 g/mol. The molecule has 0 aromatic carbocycles. The summed E-state index contributed by atoms with van der Waals surface area (Å²) in [4.78, 5) is 2.39. The molecule has 1 aliphatic rings. The van der Waals surface area contributed by atoms with Crippen molar-refractivity contribution < 1.29 is 0 Å². The molecular weight excluding hydrogens is 162 g/mol. The lowest BCUT2D eigenvalue weighted by Gasteiger charge is -2.32. The summed E-state index contributed by atoms with van der Waals surface area (Å²) in [6.45, 7) is 4.63. The van der Waals surface area contributed by atoms with Gasteiger partial charge in [0.2, 0.25) is 0 Å². The lowest BCUT2D eigenvalue weighted by atomic mass is 10.0. The van der Waals surface area contributed by atoms with Gasteiger partial charge in [0.05, 0.1) is 18.1 Å². The van der Waals surface area contributed by atoms with Crippen molar-refractivity contribution in [2.45, 2.75) is 19.8 Å². The molecule has 2 rings (SSSR count). The standard InChI is InChI=1S/C10H15N3/c1-9-3-2-6-13(8-9)10-4-5-11-12-7-10/h4-5,7,9H,2-3,6,8H2,1H3. The second-order valence-corrected chi connectivity index (χ2v) is 3.79. The Kier molecular flexibility index (Phi) is 2.43. The van der Waals surface area contributed by atoms with Crippen LogP contribution in [0.2, 0.25) is 0 Å². The Morgan fingerprint density at radius 3 is 3.08 bits per heavy atom. The molecule has 1 fully saturated rings. The van der Waals surface area contributed by atoms with E-state index in [1.165, 1.54) is 18.5 Å². The van der Waals surface area contributed by atoms with E-state index in [0.29, 0.717) is 0 Å². The van der Waals surface area contributed by atoms with Crippen LogP contribution in [0.25, 0.3) is 0 Å². The maximum absolute atomic E-state index is 3.89. The molecule has 13 heavy (non-hydrogen) atoms. The minimum Gasteiger partial charge on any atom is -0.370 e. The molecule has 3 nitrogen and oxygen atoms in total. The van der Waals surface area contributed by atoms with Crippen LogP contribution in [0.1, 0.15) is 19.8 Å². The summed E-state index contributed by atoms with van der Waals surface area (Å²) < 4.78 is 0. The van der Waals surface area contributed by atoms with Gasteiger partial charge in [-0.2, -0.15) is 10.2 Å². The zero-order valence-electron chi connectivity index (χ0n) is 7.98. The highest BCUT2D eigenvalue weighted by Crippen LogP contribution is 2.21. The van der Waals surface area contributed by atoms with Crippen molar-refractivity contribution in [1.82, 2.24) is 10.2 Å². The van der Waals surface area contributed by atoms with E-state index in [0.717, 1.165) is 19.0 Å². The van der Waals surface area contributed by atoms with E-state index in [9.17, 15) is 0 Å². The fourth-order valence-electron chi connectivity index (χ4n) is 1.89. The highest BCUT2D eigenvalue weighted by atomic mass is 15.2. The molecule has 1 aliphatic heterocycles. The topological polar surface area (TPSA) is 29.0 Å². The van der Waals surface area contributed by atoms with Crippen molar-refractivity contribution in [3.63, 3.8) is 0 Å². The summed E-state index contributed by atoms with van der Waals surface area (Å²) in [6.07, 6.45) is 6.26. The predicted octanol–water partition coefficient (Wildman–Crippen LogP) is 1.71. The lowest BCUT2D eigenvalue weighted by Crippen LogP contribution is -2.34. The number of hydrogen-bond acceptors (Lipinski definition) is 3. The van der Waals surface area contributed by atoms with Crippen LogP contribution in [0, 0.1) is 5.92 Å². The van der Waals surface area contributed by atoms with Crippen molar-refractivity contribution in [1.29, 1.82) is 0 Å². The summed E-state index contributed by atoms with van der Waals surface area (Å²) in [5, 5.41) is 7.68. The fraction of sp³-hybridized carbons (Fsp3) is 0.600. The van der Waals surface area contributed by atoms with Crippen molar-refractivity contribution >= 4 is 5.69 Å². The molecule has 2 heterocycles. The van der Waals surface area contributed by atoms with Gasteiger partial charge < -0.3 is 4.90 Å². The Morgan fingerprint density at radius 1 is 1.46 bits per heavy atom. The van der Waals surface area contributed by atoms with Crippen LogP contribution in [-0.2, 0) is 0 Å². The summed E-state index contributed by atoms with van der Waals surface area (Å²) in [5.41, 5.74) is 1.21. The van der Waals surface area contributed by atoms with Crippen molar-refractivity contribution in [2.24, 2.45) is 5.92 Å². The van der Waals surface area contributed by atoms with Gasteiger partial charge in [0.25, 0.3) is 0 Å². The van der Waals surface area contributed by atoms with Crippen molar-refractivity contribution in [3.05, 3.63) is 18.5 Å². The highest BCUT2D eigenvalue weighted by molar-refractivity contribution is 5.43. The number of hydrogen-bond donors (Lipinski definition) is 0. The molecule has 1 unspecified atom stereocenters. The smallest absolute Gasteiger partial charge is 0.0729 e. The fourth-order valence-corrected chi connectivity index (χ4v) is 1.89. The van der Waals surface area contributed by atoms with E-state index in [1.54, 1.807) is 6.20 Å². The van der Waals surface area contributed by atoms with Gasteiger partial charge in [0.15, 0.2) is 0 Å². The normalized spacial score (nSPS) is 23.2. The van der Waals surface area contributed by atoms with Gasteiger partial charge in [-0.3, -0.25) is 0 Å². The third-order valence-corrected chi connectivity index (χ3v) is 2.59. The van der Waals surface area contributed by atoms with Crippen molar-refractivity contribution in [2.75, 3.05) is 18.0 Å². The van der Waals surface area contributed by atoms with Crippen LogP contribution in [0.4, 0.5) is 5.69 Å². The predicted molar refractivity (Wildman–Crippen MR) is 52.6 cm³/mol. The molecule has 0 aliphatic carbocycles. The third-order valence-electron chi connectivity index (χ3n) is 2.59. The highest BCUT2D eigenvalue weighted by Gasteiger charge is 2.16. The number of aromatic nitrogens is 2. The SMILES string of the molecule is CC1CCCN(c2ccnnc2)C1. The number of piperidine rings is 1. The average Bonchev–Trinajstić information content (AvgIpc) is 2.19. The van der Waals surface area contributed by atoms with Gasteiger partial charge in [-0.05, 0) is 24.8 Å². The van der Waals surface area contributed by atoms with Crippen LogP contribution >= 0.6 is 0 Å². The molecule has 1 atom stereocenters. The Labute approximate surface area is 78.8 Å². The first-order chi connectivity index (χ1) is 6.36. The monoisotopic (exact) mass is 177 g/mol. The van der Waals surface area contributed by atoms with E-state index in [1.807, 2.05) is 12.3 Å². The largest absolute Gasteiger partial charge is 0.370 e. The number of rotatable bonds is 1. The van der Waals surface area contributed by atoms with E-state index < -0.39 is 0 Å². The van der Waals surface area contributed by atoms with Crippen LogP contribution in [0.15, 0.2) is 18.5 Å². The Bertz CT molecular complexity index is 260. The zero-order chi connectivity index (χ0) is 9.10. The van der Waals surface area contributed by atoms with E-state index in [-0.39, 0.29) is 0 Å². The van der Waals surface area contributed by atoms with E-state index in [2.05, 4.69) is 22.0 Å². The van der Waals surface area contributed by atoms with E-state index >= 15 is 0 Å². The molecule has 1 aromatic rings. The number of nitrogens with zero attached hydrogens (tertiary/aromatic N) is 3. The Morgan fingerprint density at radius 2 is 2.38 bits per heavy atom. The molecule has 0 N–H and O–H groups in total. The van der Waals surface area contributed by atoms with Gasteiger partial charge in [-0.15, -0.1) is 0 Å². The summed E-state index contributed by atoms with van der Waals surface area (Å²) >= 11 is 0. The maximum atomic E-state index is 3.89. The van der Waals surface area contributed by atoms with Crippen molar-refractivity contribution in [3.8, 4) is 0 Å². The molecule has 1 aromatic heterocycles. The molecule has 0 spiro atoms. The molecule has 70 valence electrons. The molecule has 0 saturated carbocycles. The second kappa shape index (κ2) is 3.73. The Balaban J connectivity index is 2.08. The summed E-state index contributed by atoms with van der Waals surface area (Å²) in [6, 6.07) is 2.03. The molecule has 0 amide bonds. The zero-order valence-corrected chi connectivity index (χ0v) is 7.98. The lowest BCUT2D eigenvalue weighted by molar-refractivity contribution is 0.446. The van der Waals surface area contributed by atoms with Crippen LogP contribution in [0.3, 0.4) is 0 Å². The Hall–Kier alpha value is -1.12. The van der Waals surface area contributed by atoms with Gasteiger partial charge in [-0.1, -0.05) is 6.92 Å².